The molecular weight excluding hydrogens is 264 g/mol. The number of nitrogens with zero attached hydrogens (tertiary/aromatic N) is 1. The number of piperidine rings is 1. The van der Waals surface area contributed by atoms with E-state index in [1.54, 1.807) is 0 Å². The van der Waals surface area contributed by atoms with E-state index in [0.717, 1.165) is 6.26 Å². The number of sulfone groups is 1. The second-order valence-corrected chi connectivity index (χ2v) is 9.54. The molecule has 8 heteroatoms. The van der Waals surface area contributed by atoms with Crippen LogP contribution in [0.4, 0.5) is 0 Å². The monoisotopic (exact) mass is 284 g/mol. The molecular formula is C9H20N2O4S2. The van der Waals surface area contributed by atoms with E-state index >= 15 is 0 Å². The van der Waals surface area contributed by atoms with Crippen LogP contribution < -0.4 is 5.73 Å². The molecule has 2 N–H and O–H groups in total. The standard InChI is InChI=1S/C9H20N2O4S2/c1-9(7-10)3-5-11(6-4-9)17(14,15)8-16(2,12)13/h3-8,10H2,1-2H3. The Balaban J connectivity index is 2.72. The van der Waals surface area contributed by atoms with Gasteiger partial charge in [-0.15, -0.1) is 0 Å². The van der Waals surface area contributed by atoms with E-state index in [9.17, 15) is 16.8 Å². The summed E-state index contributed by atoms with van der Waals surface area (Å²) in [5, 5.41) is -0.806. The third kappa shape index (κ3) is 4.20. The van der Waals surface area contributed by atoms with Crippen molar-refractivity contribution in [2.75, 3.05) is 31.0 Å². The molecule has 1 rings (SSSR count). The van der Waals surface area contributed by atoms with Crippen molar-refractivity contribution in [3.8, 4) is 0 Å². The first-order valence-corrected chi connectivity index (χ1v) is 9.11. The second kappa shape index (κ2) is 4.83. The van der Waals surface area contributed by atoms with E-state index in [4.69, 9.17) is 5.73 Å². The fraction of sp³-hybridized carbons (Fsp3) is 1.00. The Kier molecular flexibility index (Phi) is 4.23. The predicted octanol–water partition coefficient (Wildman–Crippen LogP) is -0.621. The minimum Gasteiger partial charge on any atom is -0.330 e. The fourth-order valence-electron chi connectivity index (χ4n) is 1.85. The molecule has 0 bridgehead atoms. The summed E-state index contributed by atoms with van der Waals surface area (Å²) in [4.78, 5) is 0. The maximum Gasteiger partial charge on any atom is 0.228 e. The van der Waals surface area contributed by atoms with E-state index in [-0.39, 0.29) is 5.41 Å². The van der Waals surface area contributed by atoms with Gasteiger partial charge in [0.05, 0.1) is 0 Å². The van der Waals surface area contributed by atoms with Gasteiger partial charge in [0.25, 0.3) is 0 Å². The maximum atomic E-state index is 11.8. The highest BCUT2D eigenvalue weighted by molar-refractivity contribution is 8.06. The molecule has 1 aliphatic heterocycles. The van der Waals surface area contributed by atoms with Crippen LogP contribution in [0.25, 0.3) is 0 Å². The maximum absolute atomic E-state index is 11.8. The van der Waals surface area contributed by atoms with Crippen LogP contribution in [0.3, 0.4) is 0 Å². The smallest absolute Gasteiger partial charge is 0.228 e. The third-order valence-electron chi connectivity index (χ3n) is 3.18. The number of hydrogen-bond acceptors (Lipinski definition) is 5. The van der Waals surface area contributed by atoms with Crippen LogP contribution >= 0.6 is 0 Å². The number of nitrogens with two attached hydrogens (primary N) is 1. The first-order valence-electron chi connectivity index (χ1n) is 5.44. The molecule has 102 valence electrons. The minimum absolute atomic E-state index is 0.0306. The van der Waals surface area contributed by atoms with Gasteiger partial charge in [-0.1, -0.05) is 6.92 Å². The molecule has 0 aromatic carbocycles. The molecule has 0 saturated carbocycles. The van der Waals surface area contributed by atoms with Crippen LogP contribution in [0.15, 0.2) is 0 Å². The minimum atomic E-state index is -3.69. The van der Waals surface area contributed by atoms with Gasteiger partial charge in [-0.25, -0.2) is 21.1 Å². The van der Waals surface area contributed by atoms with E-state index in [1.165, 1.54) is 4.31 Å². The van der Waals surface area contributed by atoms with Gasteiger partial charge in [-0.3, -0.25) is 0 Å². The molecule has 6 nitrogen and oxygen atoms in total. The van der Waals surface area contributed by atoms with Gasteiger partial charge in [-0.2, -0.15) is 0 Å². The zero-order valence-electron chi connectivity index (χ0n) is 10.2. The number of hydrogen-bond donors (Lipinski definition) is 1. The van der Waals surface area contributed by atoms with Crippen LogP contribution in [0, 0.1) is 5.41 Å². The largest absolute Gasteiger partial charge is 0.330 e. The van der Waals surface area contributed by atoms with Gasteiger partial charge >= 0.3 is 0 Å². The Hall–Kier alpha value is -0.180. The SMILES string of the molecule is CC1(CN)CCN(S(=O)(=O)CS(C)(=O)=O)CC1. The fourth-order valence-corrected chi connectivity index (χ4v) is 5.35. The highest BCUT2D eigenvalue weighted by Crippen LogP contribution is 2.30. The van der Waals surface area contributed by atoms with Crippen molar-refractivity contribution < 1.29 is 16.8 Å². The molecule has 0 radical (unpaired) electrons. The lowest BCUT2D eigenvalue weighted by Gasteiger charge is -2.37. The molecule has 1 aliphatic rings. The van der Waals surface area contributed by atoms with Crippen LogP contribution in [0.2, 0.25) is 0 Å². The Labute approximate surface area is 103 Å². The topological polar surface area (TPSA) is 97.5 Å². The number of sulfonamides is 1. The van der Waals surface area contributed by atoms with Crippen molar-refractivity contribution in [3.63, 3.8) is 0 Å². The Morgan fingerprint density at radius 1 is 1.18 bits per heavy atom. The summed E-state index contributed by atoms with van der Waals surface area (Å²) in [5.74, 6) is 0. The average Bonchev–Trinajstić information content (AvgIpc) is 2.15. The zero-order valence-corrected chi connectivity index (χ0v) is 11.8. The van der Waals surface area contributed by atoms with Crippen molar-refractivity contribution >= 4 is 19.9 Å². The molecule has 1 saturated heterocycles. The van der Waals surface area contributed by atoms with Crippen molar-refractivity contribution in [1.82, 2.24) is 4.31 Å². The Morgan fingerprint density at radius 3 is 2.00 bits per heavy atom. The van der Waals surface area contributed by atoms with E-state index < -0.39 is 24.9 Å². The van der Waals surface area contributed by atoms with Crippen LogP contribution in [0.5, 0.6) is 0 Å². The summed E-state index contributed by atoms with van der Waals surface area (Å²) in [6, 6.07) is 0. The predicted molar refractivity (Wildman–Crippen MR) is 66.6 cm³/mol. The third-order valence-corrected chi connectivity index (χ3v) is 7.23. The lowest BCUT2D eigenvalue weighted by molar-refractivity contribution is 0.183. The molecule has 0 atom stereocenters. The molecule has 0 unspecified atom stereocenters. The zero-order chi connectivity index (χ0) is 13.3. The molecule has 1 fully saturated rings. The van der Waals surface area contributed by atoms with Crippen LogP contribution in [0.1, 0.15) is 19.8 Å². The summed E-state index contributed by atoms with van der Waals surface area (Å²) in [6.07, 6.45) is 2.28. The molecule has 0 aliphatic carbocycles. The van der Waals surface area contributed by atoms with Gasteiger partial charge < -0.3 is 5.73 Å². The highest BCUT2D eigenvalue weighted by Gasteiger charge is 2.35. The summed E-state index contributed by atoms with van der Waals surface area (Å²) in [5.41, 5.74) is 5.60. The van der Waals surface area contributed by atoms with Crippen molar-refractivity contribution in [2.45, 2.75) is 19.8 Å². The van der Waals surface area contributed by atoms with Crippen molar-refractivity contribution in [3.05, 3.63) is 0 Å². The molecule has 0 amide bonds. The van der Waals surface area contributed by atoms with E-state index in [1.807, 2.05) is 6.92 Å². The first kappa shape index (κ1) is 14.9. The lowest BCUT2D eigenvalue weighted by Crippen LogP contribution is -2.46. The van der Waals surface area contributed by atoms with Gasteiger partial charge in [0, 0.05) is 19.3 Å². The van der Waals surface area contributed by atoms with Crippen molar-refractivity contribution in [1.29, 1.82) is 0 Å². The highest BCUT2D eigenvalue weighted by atomic mass is 32.3. The van der Waals surface area contributed by atoms with Crippen molar-refractivity contribution in [2.24, 2.45) is 11.1 Å². The number of rotatable bonds is 4. The molecule has 0 spiro atoms. The summed E-state index contributed by atoms with van der Waals surface area (Å²) in [6.45, 7) is 3.25. The molecule has 17 heavy (non-hydrogen) atoms. The first-order chi connectivity index (χ1) is 7.58. The molecule has 0 aromatic rings. The van der Waals surface area contributed by atoms with Gasteiger partial charge in [0.15, 0.2) is 14.9 Å². The molecule has 1 heterocycles. The van der Waals surface area contributed by atoms with Gasteiger partial charge in [0.1, 0.15) is 0 Å². The van der Waals surface area contributed by atoms with E-state index in [2.05, 4.69) is 0 Å². The average molecular weight is 284 g/mol. The molecule has 0 aromatic heterocycles. The van der Waals surface area contributed by atoms with Gasteiger partial charge in [0.2, 0.25) is 10.0 Å². The van der Waals surface area contributed by atoms with Crippen LogP contribution in [-0.4, -0.2) is 52.1 Å². The second-order valence-electron chi connectivity index (χ2n) is 5.07. The Bertz CT molecular complexity index is 461. The quantitative estimate of drug-likeness (QED) is 0.742. The van der Waals surface area contributed by atoms with E-state index in [0.29, 0.717) is 32.5 Å². The van der Waals surface area contributed by atoms with Crippen LogP contribution in [-0.2, 0) is 19.9 Å². The summed E-state index contributed by atoms with van der Waals surface area (Å²) >= 11 is 0. The lowest BCUT2D eigenvalue weighted by atomic mass is 9.81. The summed E-state index contributed by atoms with van der Waals surface area (Å²) < 4.78 is 47.0. The normalized spacial score (nSPS) is 22.5. The summed E-state index contributed by atoms with van der Waals surface area (Å²) in [7, 11) is -7.21. The van der Waals surface area contributed by atoms with Gasteiger partial charge in [-0.05, 0) is 24.8 Å². The Morgan fingerprint density at radius 2 is 1.65 bits per heavy atom.